The lowest BCUT2D eigenvalue weighted by Crippen LogP contribution is -2.14. The second-order valence-electron chi connectivity index (χ2n) is 4.18. The molecule has 0 unspecified atom stereocenters. The van der Waals surface area contributed by atoms with Gasteiger partial charge in [0.1, 0.15) is 5.76 Å². The normalized spacial score (nSPS) is 10.0. The Balaban J connectivity index is 1.78. The maximum atomic E-state index is 11.7. The number of thioether (sulfide) groups is 1. The van der Waals surface area contributed by atoms with Crippen LogP contribution in [0, 0.1) is 18.3 Å². The van der Waals surface area contributed by atoms with Gasteiger partial charge in [-0.2, -0.15) is 5.26 Å². The van der Waals surface area contributed by atoms with E-state index < -0.39 is 0 Å². The average Bonchev–Trinajstić information content (AvgIpc) is 2.84. The highest BCUT2D eigenvalue weighted by Crippen LogP contribution is 2.14. The molecule has 1 aromatic heterocycles. The van der Waals surface area contributed by atoms with Crippen LogP contribution >= 0.6 is 11.8 Å². The number of carbonyl (C=O) groups is 1. The number of rotatable bonds is 5. The van der Waals surface area contributed by atoms with E-state index in [-0.39, 0.29) is 5.91 Å². The van der Waals surface area contributed by atoms with Crippen molar-refractivity contribution in [3.8, 4) is 6.07 Å². The maximum absolute atomic E-state index is 11.7. The first-order chi connectivity index (χ1) is 9.67. The SMILES string of the molecule is Cc1cc(NC(=O)CSCc2cccc(C#N)c2)no1. The van der Waals surface area contributed by atoms with Gasteiger partial charge in [-0.25, -0.2) is 0 Å². The monoisotopic (exact) mass is 287 g/mol. The molecule has 102 valence electrons. The minimum atomic E-state index is -0.125. The Kier molecular flexibility index (Phi) is 4.80. The fraction of sp³-hybridized carbons (Fsp3) is 0.214. The molecule has 1 heterocycles. The van der Waals surface area contributed by atoms with E-state index >= 15 is 0 Å². The molecule has 0 aliphatic heterocycles. The molecule has 0 fully saturated rings. The highest BCUT2D eigenvalue weighted by Gasteiger charge is 2.06. The summed E-state index contributed by atoms with van der Waals surface area (Å²) in [4.78, 5) is 11.7. The van der Waals surface area contributed by atoms with Gasteiger partial charge >= 0.3 is 0 Å². The van der Waals surface area contributed by atoms with E-state index in [1.54, 1.807) is 19.1 Å². The van der Waals surface area contributed by atoms with Crippen LogP contribution in [0.15, 0.2) is 34.9 Å². The van der Waals surface area contributed by atoms with Crippen LogP contribution in [-0.2, 0) is 10.5 Å². The maximum Gasteiger partial charge on any atom is 0.235 e. The summed E-state index contributed by atoms with van der Waals surface area (Å²) in [6.45, 7) is 1.76. The standard InChI is InChI=1S/C14H13N3O2S/c1-10-5-13(17-19-10)16-14(18)9-20-8-12-4-2-3-11(6-12)7-15/h2-6H,8-9H2,1H3,(H,16,17,18). The molecule has 0 aliphatic rings. The first-order valence-corrected chi connectivity index (χ1v) is 7.13. The lowest BCUT2D eigenvalue weighted by Gasteiger charge is -2.02. The largest absolute Gasteiger partial charge is 0.360 e. The van der Waals surface area contributed by atoms with Crippen LogP contribution in [0.5, 0.6) is 0 Å². The minimum Gasteiger partial charge on any atom is -0.360 e. The van der Waals surface area contributed by atoms with Gasteiger partial charge in [-0.15, -0.1) is 11.8 Å². The molecule has 0 saturated carbocycles. The van der Waals surface area contributed by atoms with Gasteiger partial charge in [0, 0.05) is 11.8 Å². The van der Waals surface area contributed by atoms with Crippen molar-refractivity contribution >= 4 is 23.5 Å². The molecule has 2 aromatic rings. The summed E-state index contributed by atoms with van der Waals surface area (Å²) < 4.78 is 4.86. The molecule has 1 N–H and O–H groups in total. The zero-order valence-electron chi connectivity index (χ0n) is 10.9. The highest BCUT2D eigenvalue weighted by atomic mass is 32.2. The van der Waals surface area contributed by atoms with Crippen molar-refractivity contribution in [3.63, 3.8) is 0 Å². The van der Waals surface area contributed by atoms with Crippen molar-refractivity contribution in [2.24, 2.45) is 0 Å². The van der Waals surface area contributed by atoms with E-state index in [2.05, 4.69) is 16.5 Å². The van der Waals surface area contributed by atoms with Gasteiger partial charge < -0.3 is 9.84 Å². The summed E-state index contributed by atoms with van der Waals surface area (Å²) in [6, 6.07) is 11.1. The average molecular weight is 287 g/mol. The van der Waals surface area contributed by atoms with Crippen molar-refractivity contribution in [1.29, 1.82) is 5.26 Å². The van der Waals surface area contributed by atoms with Crippen molar-refractivity contribution in [2.45, 2.75) is 12.7 Å². The van der Waals surface area contributed by atoms with Crippen molar-refractivity contribution in [2.75, 3.05) is 11.1 Å². The van der Waals surface area contributed by atoms with Crippen molar-refractivity contribution < 1.29 is 9.32 Å². The number of carbonyl (C=O) groups excluding carboxylic acids is 1. The smallest absolute Gasteiger partial charge is 0.235 e. The number of nitriles is 1. The molecule has 1 aromatic carbocycles. The predicted octanol–water partition coefficient (Wildman–Crippen LogP) is 2.73. The Morgan fingerprint density at radius 2 is 2.35 bits per heavy atom. The third-order valence-corrected chi connectivity index (χ3v) is 3.46. The molecule has 0 saturated heterocycles. The fourth-order valence-electron chi connectivity index (χ4n) is 1.60. The van der Waals surface area contributed by atoms with Crippen LogP contribution in [0.25, 0.3) is 0 Å². The quantitative estimate of drug-likeness (QED) is 0.914. The Bertz CT molecular complexity index is 646. The molecular weight excluding hydrogens is 274 g/mol. The summed E-state index contributed by atoms with van der Waals surface area (Å²) in [5.41, 5.74) is 1.66. The van der Waals surface area contributed by atoms with Gasteiger partial charge in [0.05, 0.1) is 17.4 Å². The second kappa shape index (κ2) is 6.78. The molecule has 20 heavy (non-hydrogen) atoms. The van der Waals surface area contributed by atoms with Crippen LogP contribution < -0.4 is 5.32 Å². The number of nitrogens with zero attached hydrogens (tertiary/aromatic N) is 2. The summed E-state index contributed by atoms with van der Waals surface area (Å²) in [5.74, 6) is 1.96. The van der Waals surface area contributed by atoms with E-state index in [9.17, 15) is 4.79 Å². The molecule has 0 radical (unpaired) electrons. The number of benzene rings is 1. The summed E-state index contributed by atoms with van der Waals surface area (Å²) in [6.07, 6.45) is 0. The lowest BCUT2D eigenvalue weighted by molar-refractivity contribution is -0.113. The molecule has 0 atom stereocenters. The molecule has 0 aliphatic carbocycles. The Morgan fingerprint density at radius 1 is 1.50 bits per heavy atom. The van der Waals surface area contributed by atoms with Gasteiger partial charge in [0.2, 0.25) is 5.91 Å². The van der Waals surface area contributed by atoms with Gasteiger partial charge in [0.25, 0.3) is 0 Å². The molecule has 2 rings (SSSR count). The van der Waals surface area contributed by atoms with Crippen LogP contribution in [0.1, 0.15) is 16.9 Å². The zero-order chi connectivity index (χ0) is 14.4. The molecule has 5 nitrogen and oxygen atoms in total. The molecule has 6 heteroatoms. The Morgan fingerprint density at radius 3 is 3.05 bits per heavy atom. The molecule has 0 bridgehead atoms. The van der Waals surface area contributed by atoms with Gasteiger partial charge in [0.15, 0.2) is 5.82 Å². The zero-order valence-corrected chi connectivity index (χ0v) is 11.7. The predicted molar refractivity (Wildman–Crippen MR) is 77.2 cm³/mol. The second-order valence-corrected chi connectivity index (χ2v) is 5.16. The van der Waals surface area contributed by atoms with E-state index in [1.165, 1.54) is 11.8 Å². The number of hydrogen-bond acceptors (Lipinski definition) is 5. The summed E-state index contributed by atoms with van der Waals surface area (Å²) in [7, 11) is 0. The topological polar surface area (TPSA) is 78.9 Å². The van der Waals surface area contributed by atoms with Gasteiger partial charge in [-0.3, -0.25) is 4.79 Å². The van der Waals surface area contributed by atoms with Crippen molar-refractivity contribution in [3.05, 3.63) is 47.2 Å². The van der Waals surface area contributed by atoms with E-state index in [0.29, 0.717) is 28.6 Å². The van der Waals surface area contributed by atoms with Crippen LogP contribution in [0.4, 0.5) is 5.82 Å². The molecular formula is C14H13N3O2S. The first kappa shape index (κ1) is 14.2. The minimum absolute atomic E-state index is 0.125. The number of anilines is 1. The van der Waals surface area contributed by atoms with E-state index in [4.69, 9.17) is 9.78 Å². The Hall–Kier alpha value is -2.26. The molecule has 1 amide bonds. The van der Waals surface area contributed by atoms with Crippen molar-refractivity contribution in [1.82, 2.24) is 5.16 Å². The van der Waals surface area contributed by atoms with E-state index in [1.807, 2.05) is 18.2 Å². The lowest BCUT2D eigenvalue weighted by atomic mass is 10.2. The summed E-state index contributed by atoms with van der Waals surface area (Å²) >= 11 is 1.48. The van der Waals surface area contributed by atoms with Gasteiger partial charge in [-0.1, -0.05) is 17.3 Å². The Labute approximate surface area is 121 Å². The highest BCUT2D eigenvalue weighted by molar-refractivity contribution is 7.99. The third-order valence-electron chi connectivity index (χ3n) is 2.45. The van der Waals surface area contributed by atoms with Crippen LogP contribution in [0.3, 0.4) is 0 Å². The van der Waals surface area contributed by atoms with Crippen LogP contribution in [0.2, 0.25) is 0 Å². The van der Waals surface area contributed by atoms with Gasteiger partial charge in [-0.05, 0) is 24.6 Å². The van der Waals surface area contributed by atoms with Crippen LogP contribution in [-0.4, -0.2) is 16.8 Å². The number of amides is 1. The number of nitrogens with one attached hydrogen (secondary N) is 1. The first-order valence-electron chi connectivity index (χ1n) is 5.97. The number of aromatic nitrogens is 1. The summed E-state index contributed by atoms with van der Waals surface area (Å²) in [5, 5.41) is 15.2. The third kappa shape index (κ3) is 4.14. The molecule has 0 spiro atoms. The fourth-order valence-corrected chi connectivity index (χ4v) is 2.37. The number of hydrogen-bond donors (Lipinski definition) is 1. The van der Waals surface area contributed by atoms with E-state index in [0.717, 1.165) is 5.56 Å². The number of aryl methyl sites for hydroxylation is 1.